The molecule has 0 atom stereocenters. The van der Waals surface area contributed by atoms with Crippen LogP contribution in [0.1, 0.15) is 53.4 Å². The Hall–Kier alpha value is -2.37. The van der Waals surface area contributed by atoms with E-state index in [2.05, 4.69) is 0 Å². The van der Waals surface area contributed by atoms with Crippen LogP contribution in [0.3, 0.4) is 0 Å². The highest BCUT2D eigenvalue weighted by Gasteiger charge is 2.29. The average Bonchev–Trinajstić information content (AvgIpc) is 3.27. The van der Waals surface area contributed by atoms with Crippen LogP contribution >= 0.6 is 0 Å². The van der Waals surface area contributed by atoms with Crippen molar-refractivity contribution < 1.29 is 14.3 Å². The number of fused-ring (bicyclic) bond motifs is 1. The normalized spacial score (nSPS) is 14.3. The molecule has 3 rings (SSSR count). The monoisotopic (exact) mass is 302 g/mol. The molecule has 1 aromatic carbocycles. The van der Waals surface area contributed by atoms with Crippen LogP contribution in [0.25, 0.3) is 11.0 Å². The van der Waals surface area contributed by atoms with E-state index in [4.69, 9.17) is 4.74 Å². The van der Waals surface area contributed by atoms with Crippen LogP contribution in [-0.4, -0.2) is 27.5 Å². The van der Waals surface area contributed by atoms with E-state index in [0.717, 1.165) is 12.8 Å². The maximum Gasteiger partial charge on any atom is 0.338 e. The smallest absolute Gasteiger partial charge is 0.338 e. The van der Waals surface area contributed by atoms with Crippen molar-refractivity contribution in [1.29, 1.82) is 0 Å². The fourth-order valence-electron chi connectivity index (χ4n) is 2.76. The number of ether oxygens (including phenoxy) is 1. The molecule has 0 unspecified atom stereocenters. The average molecular weight is 302 g/mol. The van der Waals surface area contributed by atoms with Gasteiger partial charge in [0.1, 0.15) is 0 Å². The molecule has 1 saturated carbocycles. The lowest BCUT2D eigenvalue weighted by Crippen LogP contribution is -2.21. The molecular formula is C16H18N2O4. The Morgan fingerprint density at radius 1 is 1.23 bits per heavy atom. The number of benzene rings is 1. The first-order valence-corrected chi connectivity index (χ1v) is 7.38. The fraction of sp³-hybridized carbons (Fsp3) is 0.438. The zero-order valence-corrected chi connectivity index (χ0v) is 12.9. The molecule has 1 aliphatic carbocycles. The summed E-state index contributed by atoms with van der Waals surface area (Å²) in [4.78, 5) is 36.4. The van der Waals surface area contributed by atoms with Gasteiger partial charge in [0.2, 0.25) is 0 Å². The second kappa shape index (κ2) is 5.12. The Morgan fingerprint density at radius 2 is 1.86 bits per heavy atom. The van der Waals surface area contributed by atoms with E-state index in [1.165, 1.54) is 11.5 Å². The number of imidazole rings is 1. The first-order chi connectivity index (χ1) is 10.5. The highest BCUT2D eigenvalue weighted by atomic mass is 16.5. The number of aryl methyl sites for hydroxylation is 1. The number of rotatable bonds is 4. The summed E-state index contributed by atoms with van der Waals surface area (Å²) in [5.41, 5.74) is 1.74. The Kier molecular flexibility index (Phi) is 3.39. The number of carbonyl (C=O) groups excluding carboxylic acids is 2. The zero-order valence-electron chi connectivity index (χ0n) is 12.9. The second-order valence-corrected chi connectivity index (χ2v) is 5.61. The van der Waals surface area contributed by atoms with Crippen molar-refractivity contribution >= 4 is 22.8 Å². The molecule has 116 valence electrons. The summed E-state index contributed by atoms with van der Waals surface area (Å²) in [6, 6.07) is 3.42. The van der Waals surface area contributed by atoms with E-state index in [1.54, 1.807) is 30.7 Å². The van der Waals surface area contributed by atoms with Crippen molar-refractivity contribution in [2.45, 2.75) is 32.7 Å². The zero-order chi connectivity index (χ0) is 16.0. The molecular weight excluding hydrogens is 284 g/mol. The van der Waals surface area contributed by atoms with Crippen LogP contribution < -0.4 is 5.69 Å². The summed E-state index contributed by atoms with van der Waals surface area (Å²) in [6.07, 6.45) is 1.92. The van der Waals surface area contributed by atoms with Gasteiger partial charge in [0.15, 0.2) is 5.78 Å². The molecule has 6 heteroatoms. The maximum absolute atomic E-state index is 12.4. The first kappa shape index (κ1) is 14.6. The molecule has 1 fully saturated rings. The van der Waals surface area contributed by atoms with E-state index >= 15 is 0 Å². The van der Waals surface area contributed by atoms with Gasteiger partial charge in [-0.05, 0) is 38.8 Å². The molecule has 1 heterocycles. The quantitative estimate of drug-likeness (QED) is 0.640. The summed E-state index contributed by atoms with van der Waals surface area (Å²) in [5.74, 6) is -0.759. The Morgan fingerprint density at radius 3 is 2.41 bits per heavy atom. The minimum Gasteiger partial charge on any atom is -0.462 e. The minimum absolute atomic E-state index is 0.118. The largest absolute Gasteiger partial charge is 0.462 e. The third-order valence-electron chi connectivity index (χ3n) is 4.02. The SMILES string of the molecule is CCOC(=O)c1cc2c(cc1C(C)=O)n(C)c(=O)n2C1CC1. The van der Waals surface area contributed by atoms with Gasteiger partial charge in [-0.1, -0.05) is 0 Å². The summed E-state index contributed by atoms with van der Waals surface area (Å²) < 4.78 is 8.27. The molecule has 2 aromatic rings. The van der Waals surface area contributed by atoms with Crippen LogP contribution in [0, 0.1) is 0 Å². The number of Topliss-reactive ketones (excluding diaryl/α,β-unsaturated/α-hetero) is 1. The molecule has 0 radical (unpaired) electrons. The number of ketones is 1. The van der Waals surface area contributed by atoms with E-state index < -0.39 is 5.97 Å². The summed E-state index contributed by atoms with van der Waals surface area (Å²) >= 11 is 0. The molecule has 22 heavy (non-hydrogen) atoms. The number of aromatic nitrogens is 2. The molecule has 0 saturated heterocycles. The van der Waals surface area contributed by atoms with E-state index in [0.29, 0.717) is 11.0 Å². The standard InChI is InChI=1S/C16H18N2O4/c1-4-22-15(20)12-8-14-13(7-11(12)9(2)19)17(3)16(21)18(14)10-5-6-10/h7-8,10H,4-6H2,1-3H3. The van der Waals surface area contributed by atoms with Gasteiger partial charge in [-0.2, -0.15) is 0 Å². The van der Waals surface area contributed by atoms with Crippen LogP contribution in [0.15, 0.2) is 16.9 Å². The van der Waals surface area contributed by atoms with Crippen molar-refractivity contribution in [3.8, 4) is 0 Å². The third-order valence-corrected chi connectivity index (χ3v) is 4.02. The van der Waals surface area contributed by atoms with E-state index in [1.807, 2.05) is 0 Å². The van der Waals surface area contributed by atoms with Crippen LogP contribution in [0.4, 0.5) is 0 Å². The Balaban J connectivity index is 2.32. The predicted octanol–water partition coefficient (Wildman–Crippen LogP) is 2.05. The number of hydrogen-bond acceptors (Lipinski definition) is 4. The molecule has 0 amide bonds. The van der Waals surface area contributed by atoms with Gasteiger partial charge in [0.05, 0.1) is 23.2 Å². The predicted molar refractivity (Wildman–Crippen MR) is 81.4 cm³/mol. The van der Waals surface area contributed by atoms with Crippen molar-refractivity contribution in [3.63, 3.8) is 0 Å². The molecule has 0 N–H and O–H groups in total. The van der Waals surface area contributed by atoms with Gasteiger partial charge in [-0.3, -0.25) is 13.9 Å². The minimum atomic E-state index is -0.534. The lowest BCUT2D eigenvalue weighted by Gasteiger charge is -2.08. The van der Waals surface area contributed by atoms with Crippen LogP contribution in [-0.2, 0) is 11.8 Å². The van der Waals surface area contributed by atoms with Crippen molar-refractivity contribution in [2.24, 2.45) is 7.05 Å². The second-order valence-electron chi connectivity index (χ2n) is 5.61. The number of carbonyl (C=O) groups is 2. The topological polar surface area (TPSA) is 70.3 Å². The van der Waals surface area contributed by atoms with Gasteiger partial charge in [-0.25, -0.2) is 9.59 Å². The molecule has 1 aliphatic rings. The Bertz CT molecular complexity index is 840. The summed E-state index contributed by atoms with van der Waals surface area (Å²) in [5, 5.41) is 0. The third kappa shape index (κ3) is 2.15. The van der Waals surface area contributed by atoms with E-state index in [9.17, 15) is 14.4 Å². The lowest BCUT2D eigenvalue weighted by molar-refractivity contribution is 0.0523. The van der Waals surface area contributed by atoms with E-state index in [-0.39, 0.29) is 35.2 Å². The summed E-state index contributed by atoms with van der Waals surface area (Å²) in [7, 11) is 1.68. The Labute approximate surface area is 127 Å². The van der Waals surface area contributed by atoms with Crippen molar-refractivity contribution in [2.75, 3.05) is 6.61 Å². The maximum atomic E-state index is 12.4. The van der Waals surface area contributed by atoms with Crippen LogP contribution in [0.2, 0.25) is 0 Å². The number of esters is 1. The highest BCUT2D eigenvalue weighted by Crippen LogP contribution is 2.36. The first-order valence-electron chi connectivity index (χ1n) is 7.38. The number of hydrogen-bond donors (Lipinski definition) is 0. The lowest BCUT2D eigenvalue weighted by atomic mass is 10.0. The summed E-state index contributed by atoms with van der Waals surface area (Å²) in [6.45, 7) is 3.35. The fourth-order valence-corrected chi connectivity index (χ4v) is 2.76. The molecule has 6 nitrogen and oxygen atoms in total. The van der Waals surface area contributed by atoms with Crippen LogP contribution in [0.5, 0.6) is 0 Å². The highest BCUT2D eigenvalue weighted by molar-refractivity contribution is 6.08. The van der Waals surface area contributed by atoms with Gasteiger partial charge in [-0.15, -0.1) is 0 Å². The van der Waals surface area contributed by atoms with Gasteiger partial charge in [0.25, 0.3) is 0 Å². The molecule has 0 bridgehead atoms. The molecule has 0 spiro atoms. The van der Waals surface area contributed by atoms with Gasteiger partial charge >= 0.3 is 11.7 Å². The number of nitrogens with zero attached hydrogens (tertiary/aromatic N) is 2. The molecule has 1 aromatic heterocycles. The van der Waals surface area contributed by atoms with Gasteiger partial charge in [0, 0.05) is 18.7 Å². The van der Waals surface area contributed by atoms with Crippen molar-refractivity contribution in [3.05, 3.63) is 33.7 Å². The van der Waals surface area contributed by atoms with Gasteiger partial charge < -0.3 is 4.74 Å². The molecule has 0 aliphatic heterocycles. The van der Waals surface area contributed by atoms with Crippen molar-refractivity contribution in [1.82, 2.24) is 9.13 Å².